The maximum atomic E-state index is 14.7. The first-order valence-electron chi connectivity index (χ1n) is 29.2. The second kappa shape index (κ2) is 38.3. The molecule has 23 heteroatoms. The summed E-state index contributed by atoms with van der Waals surface area (Å²) in [7, 11) is 2.88. The van der Waals surface area contributed by atoms with Crippen LogP contribution < -0.4 is 47.9 Å². The van der Waals surface area contributed by atoms with E-state index in [1.807, 2.05) is 27.7 Å². The quantitative estimate of drug-likeness (QED) is 0.0337. The van der Waals surface area contributed by atoms with Crippen molar-refractivity contribution < 1.29 is 67.0 Å². The van der Waals surface area contributed by atoms with E-state index in [1.165, 1.54) is 52.3 Å². The number of nitrogens with one attached hydrogen (secondary N) is 9. The van der Waals surface area contributed by atoms with E-state index in [1.54, 1.807) is 55.4 Å². The van der Waals surface area contributed by atoms with Gasteiger partial charge >= 0.3 is 0 Å². The molecule has 0 aliphatic carbocycles. The van der Waals surface area contributed by atoms with Crippen LogP contribution in [0.4, 0.5) is 0 Å². The maximum absolute atomic E-state index is 14.7. The van der Waals surface area contributed by atoms with E-state index >= 15 is 0 Å². The fourth-order valence-corrected chi connectivity index (χ4v) is 8.98. The van der Waals surface area contributed by atoms with E-state index in [0.29, 0.717) is 18.4 Å². The molecule has 7 atom stereocenters. The molecule has 9 N–H and O–H groups in total. The maximum Gasteiger partial charge on any atom is 0.251 e. The number of rotatable bonds is 40. The minimum atomic E-state index is -1.65. The predicted molar refractivity (Wildman–Crippen MR) is 314 cm³/mol. The summed E-state index contributed by atoms with van der Waals surface area (Å²) in [6.07, 6.45) is -0.960. The molecule has 468 valence electrons. The number of Topliss-reactive ketones (excluding diaryl/α,β-unsaturated/α-hetero) is 3. The Morgan fingerprint density at radius 1 is 0.410 bits per heavy atom. The third kappa shape index (κ3) is 28.0. The van der Waals surface area contributed by atoms with Gasteiger partial charge in [0.05, 0.1) is 25.3 Å². The van der Waals surface area contributed by atoms with Crippen molar-refractivity contribution in [2.75, 3.05) is 40.5 Å². The molecule has 1 aromatic carbocycles. The molecule has 23 nitrogen and oxygen atoms in total. The number of benzene rings is 1. The Bertz CT molecular complexity index is 2310. The van der Waals surface area contributed by atoms with Crippen LogP contribution >= 0.6 is 0 Å². The smallest absolute Gasteiger partial charge is 0.251 e. The molecule has 1 aromatic rings. The van der Waals surface area contributed by atoms with Crippen molar-refractivity contribution in [2.45, 2.75) is 191 Å². The van der Waals surface area contributed by atoms with Crippen molar-refractivity contribution in [3.05, 3.63) is 35.4 Å². The summed E-state index contributed by atoms with van der Waals surface area (Å²) in [5.74, 6) is -8.61. The number of carbonyl (C=O) groups excluding carboxylic acids is 12. The van der Waals surface area contributed by atoms with Gasteiger partial charge in [0.2, 0.25) is 47.3 Å². The monoisotopic (exact) mass is 1170 g/mol. The number of hydrogen-bond acceptors (Lipinski definition) is 14. The molecule has 0 saturated heterocycles. The van der Waals surface area contributed by atoms with Gasteiger partial charge in [0.15, 0.2) is 17.3 Å². The Labute approximate surface area is 491 Å². The van der Waals surface area contributed by atoms with E-state index in [4.69, 9.17) is 9.47 Å². The summed E-state index contributed by atoms with van der Waals surface area (Å²) in [5, 5.41) is 23.8. The largest absolute Gasteiger partial charge is 0.383 e. The van der Waals surface area contributed by atoms with Crippen LogP contribution in [0, 0.1) is 41.4 Å². The van der Waals surface area contributed by atoms with Gasteiger partial charge in [0, 0.05) is 75.5 Å². The van der Waals surface area contributed by atoms with E-state index in [9.17, 15) is 57.5 Å². The Balaban J connectivity index is 3.88. The fourth-order valence-electron chi connectivity index (χ4n) is 8.98. The third-order valence-corrected chi connectivity index (χ3v) is 13.7. The molecule has 0 aliphatic heterocycles. The molecule has 0 fully saturated rings. The number of amides is 9. The Kier molecular flexibility index (Phi) is 34.3. The van der Waals surface area contributed by atoms with Gasteiger partial charge in [-0.1, -0.05) is 95.2 Å². The molecule has 1 rings (SSSR count). The van der Waals surface area contributed by atoms with Crippen LogP contribution in [0.5, 0.6) is 0 Å². The SMILES string of the molecule is COCCNC(=O)CC[C@H](NC(=O)[C@H](CCC(=O)N[C@H](C(=O)N[C@@H](C)C(=O)C(C)C)C(C)C)NC(=O)[C@H](CCC(=O)N[C@H](C(=O)N[C@@H](C)C(=O)C(C)C)C(C)C)NC(=O)c1ccc(C(=O)C(CC(C)C)CC(C)C)cc1)C(=O)NCCOC. The highest BCUT2D eigenvalue weighted by Gasteiger charge is 2.34. The van der Waals surface area contributed by atoms with Crippen molar-refractivity contribution in [3.63, 3.8) is 0 Å². The predicted octanol–water partition coefficient (Wildman–Crippen LogP) is 3.25. The molecule has 0 aromatic heterocycles. The van der Waals surface area contributed by atoms with Crippen molar-refractivity contribution in [1.82, 2.24) is 47.9 Å². The lowest BCUT2D eigenvalue weighted by Gasteiger charge is -2.27. The number of ketones is 3. The van der Waals surface area contributed by atoms with Crippen LogP contribution in [0.2, 0.25) is 0 Å². The topological polar surface area (TPSA) is 332 Å². The molecule has 0 saturated carbocycles. The van der Waals surface area contributed by atoms with Gasteiger partial charge in [-0.25, -0.2) is 0 Å². The fraction of sp³-hybridized carbons (Fsp3) is 0.700. The zero-order chi connectivity index (χ0) is 63.3. The molecular formula is C60H99N9O14. The van der Waals surface area contributed by atoms with E-state index in [-0.39, 0.29) is 91.6 Å². The van der Waals surface area contributed by atoms with Gasteiger partial charge in [-0.3, -0.25) is 57.5 Å². The lowest BCUT2D eigenvalue weighted by molar-refractivity contribution is -0.134. The Hall–Kier alpha value is -6.62. The molecule has 0 unspecified atom stereocenters. The Morgan fingerprint density at radius 2 is 0.771 bits per heavy atom. The molecular weight excluding hydrogens is 1070 g/mol. The van der Waals surface area contributed by atoms with Crippen molar-refractivity contribution in [2.24, 2.45) is 41.4 Å². The highest BCUT2D eigenvalue weighted by molar-refractivity contribution is 6.02. The average Bonchev–Trinajstić information content (AvgIpc) is 3.48. The lowest BCUT2D eigenvalue weighted by atomic mass is 9.84. The van der Waals surface area contributed by atoms with Gasteiger partial charge < -0.3 is 57.3 Å². The van der Waals surface area contributed by atoms with Crippen LogP contribution in [-0.4, -0.2) is 153 Å². The lowest BCUT2D eigenvalue weighted by Crippen LogP contribution is -2.57. The number of methoxy groups -OCH3 is 2. The minimum Gasteiger partial charge on any atom is -0.383 e. The first-order chi connectivity index (χ1) is 38.8. The second-order valence-electron chi connectivity index (χ2n) is 23.4. The van der Waals surface area contributed by atoms with Gasteiger partial charge in [-0.2, -0.15) is 0 Å². The summed E-state index contributed by atoms with van der Waals surface area (Å²) in [6.45, 7) is 25.3. The number of carbonyl (C=O) groups is 12. The standard InChI is InChI=1S/C60H99N9O14/c1-33(2)31-43(32-34(3)4)54(75)41-17-19-42(20-18-41)55(76)65-45(22-25-48(71)68-50(35(5)6)59(80)63-39(13)52(73)37(9)10)57(78)67-46(23-26-49(72)69-51(36(7)8)60(81)64-40(14)53(74)38(11)12)58(79)66-44(56(77)62-28-30-83-16)21-24-47(70)61-27-29-82-15/h17-20,33-40,43-46,50-51H,21-32H2,1-16H3,(H,61,70)(H,62,77)(H,63,80)(H,64,81)(H,65,76)(H,66,79)(H,67,78)(H,68,71)(H,69,72)/t39-,40-,44-,45-,46-,50-,51-/m0/s1. The van der Waals surface area contributed by atoms with Gasteiger partial charge in [-0.15, -0.1) is 0 Å². The summed E-state index contributed by atoms with van der Waals surface area (Å²) in [5.41, 5.74) is 0.429. The van der Waals surface area contributed by atoms with Crippen LogP contribution in [0.25, 0.3) is 0 Å². The molecule has 0 spiro atoms. The first-order valence-corrected chi connectivity index (χ1v) is 29.2. The van der Waals surface area contributed by atoms with E-state index < -0.39 is 133 Å². The van der Waals surface area contributed by atoms with Crippen molar-refractivity contribution >= 4 is 70.5 Å². The van der Waals surface area contributed by atoms with Crippen LogP contribution in [0.3, 0.4) is 0 Å². The average molecular weight is 1170 g/mol. The van der Waals surface area contributed by atoms with E-state index in [0.717, 1.165) is 0 Å². The molecule has 83 heavy (non-hydrogen) atoms. The second-order valence-corrected chi connectivity index (χ2v) is 23.4. The summed E-state index contributed by atoms with van der Waals surface area (Å²) in [6, 6.07) is -2.67. The van der Waals surface area contributed by atoms with Crippen molar-refractivity contribution in [3.8, 4) is 0 Å². The summed E-state index contributed by atoms with van der Waals surface area (Å²) < 4.78 is 10.1. The minimum absolute atomic E-state index is 0.0291. The highest BCUT2D eigenvalue weighted by Crippen LogP contribution is 2.25. The van der Waals surface area contributed by atoms with Gasteiger partial charge in [-0.05, 0) is 81.8 Å². The van der Waals surface area contributed by atoms with Crippen LogP contribution in [0.15, 0.2) is 24.3 Å². The van der Waals surface area contributed by atoms with Gasteiger partial charge in [0.1, 0.15) is 30.2 Å². The molecule has 9 amide bonds. The number of hydrogen-bond donors (Lipinski definition) is 9. The first kappa shape index (κ1) is 74.4. The third-order valence-electron chi connectivity index (χ3n) is 13.7. The summed E-state index contributed by atoms with van der Waals surface area (Å²) in [4.78, 5) is 163. The number of ether oxygens (including phenoxy) is 2. The van der Waals surface area contributed by atoms with Crippen LogP contribution in [-0.2, 0) is 57.4 Å². The molecule has 0 radical (unpaired) electrons. The molecule has 0 heterocycles. The molecule has 0 bridgehead atoms. The zero-order valence-corrected chi connectivity index (χ0v) is 52.1. The Morgan fingerprint density at radius 3 is 1.14 bits per heavy atom. The summed E-state index contributed by atoms with van der Waals surface area (Å²) >= 11 is 0. The zero-order valence-electron chi connectivity index (χ0n) is 52.1. The van der Waals surface area contributed by atoms with Crippen molar-refractivity contribution in [1.29, 1.82) is 0 Å². The molecule has 0 aliphatic rings. The van der Waals surface area contributed by atoms with E-state index in [2.05, 4.69) is 47.9 Å². The van der Waals surface area contributed by atoms with Crippen LogP contribution in [0.1, 0.15) is 169 Å². The highest BCUT2D eigenvalue weighted by atomic mass is 16.5. The normalized spacial score (nSPS) is 14.0. The van der Waals surface area contributed by atoms with Gasteiger partial charge in [0.25, 0.3) is 5.91 Å².